The maximum atomic E-state index is 12.9. The van der Waals surface area contributed by atoms with Gasteiger partial charge in [0.05, 0.1) is 22.2 Å². The van der Waals surface area contributed by atoms with Crippen LogP contribution in [0.1, 0.15) is 24.2 Å². The Morgan fingerprint density at radius 3 is 2.50 bits per heavy atom. The second kappa shape index (κ2) is 10.2. The first kappa shape index (κ1) is 24.5. The first-order valence-electron chi connectivity index (χ1n) is 10.0. The molecule has 0 aliphatic carbocycles. The second-order valence-corrected chi connectivity index (χ2v) is 11.4. The fourth-order valence-corrected chi connectivity index (χ4v) is 5.84. The van der Waals surface area contributed by atoms with Crippen LogP contribution in [0.4, 0.5) is 0 Å². The van der Waals surface area contributed by atoms with E-state index in [2.05, 4.69) is 4.99 Å². The highest BCUT2D eigenvalue weighted by Gasteiger charge is 2.23. The van der Waals surface area contributed by atoms with Crippen molar-refractivity contribution in [1.29, 1.82) is 0 Å². The number of thiazole rings is 1. The van der Waals surface area contributed by atoms with Crippen molar-refractivity contribution in [2.75, 3.05) is 26.2 Å². The number of aryl methyl sites for hydroxylation is 1. The van der Waals surface area contributed by atoms with Gasteiger partial charge >= 0.3 is 0 Å². The summed E-state index contributed by atoms with van der Waals surface area (Å²) in [6.07, 6.45) is 2.03. The zero-order valence-electron chi connectivity index (χ0n) is 18.7. The highest BCUT2D eigenvalue weighted by atomic mass is 32.2. The van der Waals surface area contributed by atoms with Crippen LogP contribution in [-0.4, -0.2) is 55.4 Å². The fraction of sp³-hybridized carbons (Fsp3) is 0.364. The number of methoxy groups -OCH3 is 1. The standard InChI is InChI=1S/C22H27N3O4S3/c1-15(2)24(3)32(27,28)18-9-6-16(7-10-18)21(26)23-22-25(12-13-30-5)19-11-8-17(29-4)14-20(19)31-22/h6-11,14-15H,12-13H2,1-5H3. The van der Waals surface area contributed by atoms with Crippen LogP contribution < -0.4 is 9.54 Å². The van der Waals surface area contributed by atoms with E-state index in [0.29, 0.717) is 10.4 Å². The van der Waals surface area contributed by atoms with Gasteiger partial charge in [-0.25, -0.2) is 8.42 Å². The Bertz CT molecular complexity index is 1280. The molecule has 10 heteroatoms. The van der Waals surface area contributed by atoms with Crippen molar-refractivity contribution in [1.82, 2.24) is 8.87 Å². The zero-order chi connectivity index (χ0) is 23.5. The van der Waals surface area contributed by atoms with E-state index < -0.39 is 15.9 Å². The maximum absolute atomic E-state index is 12.9. The summed E-state index contributed by atoms with van der Waals surface area (Å²) in [5, 5.41) is 0. The molecule has 0 radical (unpaired) electrons. The van der Waals surface area contributed by atoms with Crippen LogP contribution >= 0.6 is 23.1 Å². The van der Waals surface area contributed by atoms with E-state index in [1.807, 2.05) is 29.0 Å². The Morgan fingerprint density at radius 1 is 1.22 bits per heavy atom. The predicted octanol–water partition coefficient (Wildman–Crippen LogP) is 3.84. The number of nitrogens with zero attached hydrogens (tertiary/aromatic N) is 3. The van der Waals surface area contributed by atoms with Gasteiger partial charge in [-0.2, -0.15) is 21.1 Å². The van der Waals surface area contributed by atoms with Crippen LogP contribution in [-0.2, 0) is 16.6 Å². The molecule has 1 aromatic heterocycles. The molecule has 0 aliphatic rings. The molecule has 0 fully saturated rings. The quantitative estimate of drug-likeness (QED) is 0.476. The minimum Gasteiger partial charge on any atom is -0.497 e. The molecule has 7 nitrogen and oxygen atoms in total. The van der Waals surface area contributed by atoms with E-state index in [4.69, 9.17) is 4.74 Å². The average molecular weight is 494 g/mol. The molecule has 0 bridgehead atoms. The van der Waals surface area contributed by atoms with E-state index >= 15 is 0 Å². The molecule has 0 saturated heterocycles. The van der Waals surface area contributed by atoms with Gasteiger partial charge in [0.2, 0.25) is 10.0 Å². The molecular formula is C22H27N3O4S3. The number of sulfonamides is 1. The number of aromatic nitrogens is 1. The number of carbonyl (C=O) groups excluding carboxylic acids is 1. The lowest BCUT2D eigenvalue weighted by Crippen LogP contribution is -2.33. The number of carbonyl (C=O) groups is 1. The number of amides is 1. The summed E-state index contributed by atoms with van der Waals surface area (Å²) in [5.74, 6) is 1.22. The third kappa shape index (κ3) is 5.09. The molecule has 0 unspecified atom stereocenters. The van der Waals surface area contributed by atoms with Crippen molar-refractivity contribution in [3.8, 4) is 5.75 Å². The number of fused-ring (bicyclic) bond motifs is 1. The van der Waals surface area contributed by atoms with E-state index in [1.165, 1.54) is 47.0 Å². The Labute approximate surface area is 196 Å². The van der Waals surface area contributed by atoms with Gasteiger partial charge in [0, 0.05) is 31.0 Å². The lowest BCUT2D eigenvalue weighted by molar-refractivity contribution is 0.0997. The van der Waals surface area contributed by atoms with Crippen LogP contribution in [0.2, 0.25) is 0 Å². The average Bonchev–Trinajstić information content (AvgIpc) is 3.12. The molecule has 32 heavy (non-hydrogen) atoms. The smallest absolute Gasteiger partial charge is 0.279 e. The summed E-state index contributed by atoms with van der Waals surface area (Å²) in [4.78, 5) is 18.0. The predicted molar refractivity (Wildman–Crippen MR) is 131 cm³/mol. The number of benzene rings is 2. The molecule has 2 aromatic carbocycles. The summed E-state index contributed by atoms with van der Waals surface area (Å²) in [5.41, 5.74) is 1.33. The van der Waals surface area contributed by atoms with Crippen LogP contribution in [0.25, 0.3) is 10.2 Å². The molecule has 0 spiro atoms. The van der Waals surface area contributed by atoms with E-state index in [0.717, 1.165) is 28.3 Å². The summed E-state index contributed by atoms with van der Waals surface area (Å²) < 4.78 is 34.9. The monoisotopic (exact) mass is 493 g/mol. The second-order valence-electron chi connectivity index (χ2n) is 7.42. The SMILES string of the molecule is COc1ccc2c(c1)sc(=NC(=O)c1ccc(S(=O)(=O)N(C)C(C)C)cc1)n2CCSC. The van der Waals surface area contributed by atoms with Gasteiger partial charge in [-0.3, -0.25) is 4.79 Å². The maximum Gasteiger partial charge on any atom is 0.279 e. The normalized spacial score (nSPS) is 12.8. The Hall–Kier alpha value is -2.14. The number of rotatable bonds is 8. The van der Waals surface area contributed by atoms with Gasteiger partial charge in [0.1, 0.15) is 5.75 Å². The van der Waals surface area contributed by atoms with E-state index in [1.54, 1.807) is 32.7 Å². The van der Waals surface area contributed by atoms with Crippen LogP contribution in [0.15, 0.2) is 52.4 Å². The summed E-state index contributed by atoms with van der Waals surface area (Å²) in [6, 6.07) is 11.6. The fourth-order valence-electron chi connectivity index (χ4n) is 3.03. The first-order valence-corrected chi connectivity index (χ1v) is 13.7. The van der Waals surface area contributed by atoms with Crippen molar-refractivity contribution in [3.05, 3.63) is 52.8 Å². The molecule has 0 N–H and O–H groups in total. The molecule has 1 heterocycles. The summed E-state index contributed by atoms with van der Waals surface area (Å²) in [6.45, 7) is 4.33. The number of thioether (sulfide) groups is 1. The van der Waals surface area contributed by atoms with Crippen LogP contribution in [0.3, 0.4) is 0 Å². The molecule has 0 aliphatic heterocycles. The van der Waals surface area contributed by atoms with Gasteiger partial charge in [-0.1, -0.05) is 11.3 Å². The number of hydrogen-bond acceptors (Lipinski definition) is 6. The molecular weight excluding hydrogens is 466 g/mol. The van der Waals surface area contributed by atoms with Gasteiger partial charge < -0.3 is 9.30 Å². The zero-order valence-corrected chi connectivity index (χ0v) is 21.2. The van der Waals surface area contributed by atoms with Crippen LogP contribution in [0.5, 0.6) is 5.75 Å². The largest absolute Gasteiger partial charge is 0.497 e. The third-order valence-corrected chi connectivity index (χ3v) is 8.79. The lowest BCUT2D eigenvalue weighted by Gasteiger charge is -2.20. The summed E-state index contributed by atoms with van der Waals surface area (Å²) in [7, 11) is -0.446. The summed E-state index contributed by atoms with van der Waals surface area (Å²) >= 11 is 3.14. The molecule has 3 aromatic rings. The van der Waals surface area contributed by atoms with Crippen molar-refractivity contribution < 1.29 is 17.9 Å². The highest BCUT2D eigenvalue weighted by Crippen LogP contribution is 2.24. The minimum absolute atomic E-state index is 0.147. The molecule has 1 amide bonds. The van der Waals surface area contributed by atoms with Gasteiger partial charge in [0.15, 0.2) is 4.80 Å². The number of hydrogen-bond donors (Lipinski definition) is 0. The number of ether oxygens (including phenoxy) is 1. The molecule has 3 rings (SSSR count). The Morgan fingerprint density at radius 2 is 1.91 bits per heavy atom. The minimum atomic E-state index is -3.61. The Balaban J connectivity index is 1.98. The Kier molecular flexibility index (Phi) is 7.81. The van der Waals surface area contributed by atoms with Crippen molar-refractivity contribution in [2.45, 2.75) is 31.3 Å². The van der Waals surface area contributed by atoms with Gasteiger partial charge in [-0.15, -0.1) is 0 Å². The van der Waals surface area contributed by atoms with Crippen molar-refractivity contribution >= 4 is 49.2 Å². The van der Waals surface area contributed by atoms with Crippen molar-refractivity contribution in [3.63, 3.8) is 0 Å². The molecule has 0 atom stereocenters. The molecule has 0 saturated carbocycles. The lowest BCUT2D eigenvalue weighted by atomic mass is 10.2. The van der Waals surface area contributed by atoms with Crippen LogP contribution in [0, 0.1) is 0 Å². The van der Waals surface area contributed by atoms with E-state index in [-0.39, 0.29) is 10.9 Å². The topological polar surface area (TPSA) is 81.0 Å². The van der Waals surface area contributed by atoms with E-state index in [9.17, 15) is 13.2 Å². The first-order chi connectivity index (χ1) is 15.2. The highest BCUT2D eigenvalue weighted by molar-refractivity contribution is 7.98. The van der Waals surface area contributed by atoms with Crippen molar-refractivity contribution in [2.24, 2.45) is 4.99 Å². The van der Waals surface area contributed by atoms with Gasteiger partial charge in [-0.05, 0) is 62.6 Å². The third-order valence-electron chi connectivity index (χ3n) is 5.11. The van der Waals surface area contributed by atoms with Gasteiger partial charge in [0.25, 0.3) is 5.91 Å². The molecule has 172 valence electrons.